The fourth-order valence-corrected chi connectivity index (χ4v) is 4.44. The van der Waals surface area contributed by atoms with Crippen LogP contribution in [-0.2, 0) is 34.6 Å². The Labute approximate surface area is 178 Å². The van der Waals surface area contributed by atoms with Crippen molar-refractivity contribution in [3.05, 3.63) is 0 Å². The first-order chi connectivity index (χ1) is 13.7. The lowest BCUT2D eigenvalue weighted by Gasteiger charge is -2.28. The molecular weight excluding hydrogens is 444 g/mol. The van der Waals surface area contributed by atoms with Crippen LogP contribution in [0.25, 0.3) is 0 Å². The number of carbonyl (C=O) groups is 2. The molecule has 0 atom stereocenters. The third-order valence-electron chi connectivity index (χ3n) is 3.07. The molecule has 0 aromatic rings. The Morgan fingerprint density at radius 1 is 0.833 bits per heavy atom. The molecule has 15 heteroatoms. The van der Waals surface area contributed by atoms with Crippen LogP contribution in [0.1, 0.15) is 41.5 Å². The van der Waals surface area contributed by atoms with Crippen molar-refractivity contribution in [2.24, 2.45) is 0 Å². The second kappa shape index (κ2) is 12.9. The quantitative estimate of drug-likeness (QED) is 0.311. The van der Waals surface area contributed by atoms with E-state index in [0.29, 0.717) is 0 Å². The summed E-state index contributed by atoms with van der Waals surface area (Å²) in [6.45, 7) is 9.23. The molecule has 30 heavy (non-hydrogen) atoms. The van der Waals surface area contributed by atoms with Crippen molar-refractivity contribution in [1.82, 2.24) is 18.5 Å². The first-order valence-electron chi connectivity index (χ1n) is 9.21. The average molecular weight is 477 g/mol. The Balaban J connectivity index is 4.14. The molecule has 0 radical (unpaired) electrons. The standard InChI is InChI=1S/C15H32N4O9S2/c1-11(2)19(12(3)4)30(24,25)18-14(20)27-10-9-26-8-7-16-29(22,23)17-15(21)28-13(5)6/h11-13,16H,7-10H2,1-6H3,(H,17,21)(H,18,20). The second-order valence-electron chi connectivity index (χ2n) is 6.83. The van der Waals surface area contributed by atoms with Crippen molar-refractivity contribution in [2.45, 2.75) is 59.7 Å². The fourth-order valence-electron chi connectivity index (χ4n) is 2.27. The molecule has 0 aliphatic rings. The van der Waals surface area contributed by atoms with E-state index in [2.05, 4.69) is 9.46 Å². The third-order valence-corrected chi connectivity index (χ3v) is 5.91. The van der Waals surface area contributed by atoms with E-state index < -0.39 is 38.7 Å². The molecule has 0 heterocycles. The van der Waals surface area contributed by atoms with Gasteiger partial charge in [-0.2, -0.15) is 25.9 Å². The SMILES string of the molecule is CC(C)OC(=O)NS(=O)(=O)NCCOCCOC(=O)NS(=O)(=O)N(C(C)C)C(C)C. The molecule has 0 saturated carbocycles. The van der Waals surface area contributed by atoms with E-state index in [1.54, 1.807) is 46.3 Å². The van der Waals surface area contributed by atoms with E-state index in [1.165, 1.54) is 0 Å². The maximum Gasteiger partial charge on any atom is 0.422 e. The summed E-state index contributed by atoms with van der Waals surface area (Å²) in [4.78, 5) is 22.9. The van der Waals surface area contributed by atoms with Crippen molar-refractivity contribution >= 4 is 32.6 Å². The lowest BCUT2D eigenvalue weighted by molar-refractivity contribution is 0.0774. The van der Waals surface area contributed by atoms with E-state index in [-0.39, 0.29) is 38.4 Å². The Kier molecular flexibility index (Phi) is 12.2. The smallest absolute Gasteiger partial charge is 0.422 e. The number of nitrogens with zero attached hydrogens (tertiary/aromatic N) is 1. The molecule has 13 nitrogen and oxygen atoms in total. The van der Waals surface area contributed by atoms with E-state index >= 15 is 0 Å². The highest BCUT2D eigenvalue weighted by atomic mass is 32.2. The van der Waals surface area contributed by atoms with Crippen LogP contribution < -0.4 is 14.2 Å². The van der Waals surface area contributed by atoms with Crippen molar-refractivity contribution in [1.29, 1.82) is 0 Å². The minimum absolute atomic E-state index is 0.0854. The van der Waals surface area contributed by atoms with Crippen LogP contribution in [0.4, 0.5) is 9.59 Å². The van der Waals surface area contributed by atoms with Crippen LogP contribution in [0.3, 0.4) is 0 Å². The molecule has 178 valence electrons. The van der Waals surface area contributed by atoms with Crippen LogP contribution in [0.15, 0.2) is 0 Å². The number of hydrogen-bond donors (Lipinski definition) is 3. The highest BCUT2D eigenvalue weighted by Gasteiger charge is 2.29. The van der Waals surface area contributed by atoms with Gasteiger partial charge in [-0.15, -0.1) is 0 Å². The van der Waals surface area contributed by atoms with Gasteiger partial charge in [0.25, 0.3) is 0 Å². The molecule has 2 amide bonds. The minimum atomic E-state index is -4.10. The molecule has 0 bridgehead atoms. The molecule has 0 aliphatic carbocycles. The van der Waals surface area contributed by atoms with Gasteiger partial charge >= 0.3 is 32.6 Å². The lowest BCUT2D eigenvalue weighted by Crippen LogP contribution is -2.50. The monoisotopic (exact) mass is 476 g/mol. The van der Waals surface area contributed by atoms with Crippen molar-refractivity contribution in [2.75, 3.05) is 26.4 Å². The van der Waals surface area contributed by atoms with Crippen molar-refractivity contribution in [3.63, 3.8) is 0 Å². The van der Waals surface area contributed by atoms with E-state index in [0.717, 1.165) is 4.31 Å². The van der Waals surface area contributed by atoms with Gasteiger partial charge in [-0.05, 0) is 41.5 Å². The number of amides is 2. The fraction of sp³-hybridized carbons (Fsp3) is 0.867. The number of nitrogens with one attached hydrogen (secondary N) is 3. The summed E-state index contributed by atoms with van der Waals surface area (Å²) in [6, 6.07) is -0.715. The highest BCUT2D eigenvalue weighted by molar-refractivity contribution is 7.88. The minimum Gasteiger partial charge on any atom is -0.446 e. The predicted molar refractivity (Wildman–Crippen MR) is 108 cm³/mol. The molecule has 0 aromatic heterocycles. The predicted octanol–water partition coefficient (Wildman–Crippen LogP) is 0.0618. The van der Waals surface area contributed by atoms with Crippen LogP contribution in [0.2, 0.25) is 0 Å². The highest BCUT2D eigenvalue weighted by Crippen LogP contribution is 2.10. The van der Waals surface area contributed by atoms with Gasteiger partial charge < -0.3 is 14.2 Å². The Hall–Kier alpha value is -1.68. The molecule has 3 N–H and O–H groups in total. The zero-order valence-electron chi connectivity index (χ0n) is 18.0. The maximum absolute atomic E-state index is 12.2. The maximum atomic E-state index is 12.2. The largest absolute Gasteiger partial charge is 0.446 e. The van der Waals surface area contributed by atoms with E-state index in [1.807, 2.05) is 4.72 Å². The normalized spacial score (nSPS) is 12.5. The number of rotatable bonds is 13. The first kappa shape index (κ1) is 28.3. The molecule has 0 rings (SSSR count). The van der Waals surface area contributed by atoms with Gasteiger partial charge in [0.2, 0.25) is 0 Å². The van der Waals surface area contributed by atoms with E-state index in [4.69, 9.17) is 9.47 Å². The molecule has 0 spiro atoms. The summed E-state index contributed by atoms with van der Waals surface area (Å²) in [7, 11) is -8.16. The van der Waals surface area contributed by atoms with Gasteiger partial charge in [0.05, 0.1) is 19.3 Å². The summed E-state index contributed by atoms with van der Waals surface area (Å²) in [6.07, 6.45) is -2.74. The van der Waals surface area contributed by atoms with Gasteiger partial charge in [-0.1, -0.05) is 0 Å². The van der Waals surface area contributed by atoms with Gasteiger partial charge in [-0.25, -0.2) is 19.0 Å². The summed E-state index contributed by atoms with van der Waals surface area (Å²) >= 11 is 0. The zero-order valence-corrected chi connectivity index (χ0v) is 19.6. The Morgan fingerprint density at radius 3 is 1.90 bits per heavy atom. The zero-order chi connectivity index (χ0) is 23.5. The molecular formula is C15H32N4O9S2. The molecule has 0 aromatic carbocycles. The van der Waals surface area contributed by atoms with Crippen LogP contribution in [0.5, 0.6) is 0 Å². The number of carbonyl (C=O) groups excluding carboxylic acids is 2. The molecule has 0 aliphatic heterocycles. The van der Waals surface area contributed by atoms with Gasteiger partial charge in [0, 0.05) is 18.6 Å². The second-order valence-corrected chi connectivity index (χ2v) is 9.90. The Morgan fingerprint density at radius 2 is 1.40 bits per heavy atom. The lowest BCUT2D eigenvalue weighted by atomic mass is 10.3. The third kappa shape index (κ3) is 12.1. The topological polar surface area (TPSA) is 169 Å². The molecule has 0 fully saturated rings. The van der Waals surface area contributed by atoms with Gasteiger partial charge in [0.1, 0.15) is 6.61 Å². The number of ether oxygens (including phenoxy) is 3. The van der Waals surface area contributed by atoms with Crippen molar-refractivity contribution < 1.29 is 40.6 Å². The summed E-state index contributed by atoms with van der Waals surface area (Å²) in [5.74, 6) is 0. The van der Waals surface area contributed by atoms with Crippen LogP contribution in [0, 0.1) is 0 Å². The van der Waals surface area contributed by atoms with Crippen molar-refractivity contribution in [3.8, 4) is 0 Å². The Bertz CT molecular complexity index is 744. The van der Waals surface area contributed by atoms with Crippen LogP contribution >= 0.6 is 0 Å². The summed E-state index contributed by atoms with van der Waals surface area (Å²) < 4.78 is 68.6. The van der Waals surface area contributed by atoms with Gasteiger partial charge in [-0.3, -0.25) is 0 Å². The molecule has 0 unspecified atom stereocenters. The summed E-state index contributed by atoms with van der Waals surface area (Å²) in [5, 5.41) is 0. The first-order valence-corrected chi connectivity index (χ1v) is 12.1. The van der Waals surface area contributed by atoms with E-state index in [9.17, 15) is 26.4 Å². The van der Waals surface area contributed by atoms with Crippen LogP contribution in [-0.4, -0.2) is 77.9 Å². The number of hydrogen-bond acceptors (Lipinski definition) is 9. The average Bonchev–Trinajstić information content (AvgIpc) is 2.50. The van der Waals surface area contributed by atoms with Gasteiger partial charge in [0.15, 0.2) is 0 Å². The summed E-state index contributed by atoms with van der Waals surface area (Å²) in [5.41, 5.74) is 0. The molecule has 0 saturated heterocycles.